The number of anilines is 1. The van der Waals surface area contributed by atoms with Crippen molar-refractivity contribution in [3.63, 3.8) is 0 Å². The van der Waals surface area contributed by atoms with Gasteiger partial charge in [-0.1, -0.05) is 6.92 Å². The molecule has 1 aliphatic heterocycles. The SMILES string of the molecule is CC1CCCN(c2nccc(C(=O)NCCN(C)C)n2)C1. The van der Waals surface area contributed by atoms with Crippen LogP contribution in [-0.4, -0.2) is 61.0 Å². The third kappa shape index (κ3) is 4.67. The lowest BCUT2D eigenvalue weighted by Crippen LogP contribution is -2.36. The van der Waals surface area contributed by atoms with Gasteiger partial charge in [0.2, 0.25) is 5.95 Å². The van der Waals surface area contributed by atoms with E-state index in [-0.39, 0.29) is 5.91 Å². The van der Waals surface area contributed by atoms with Crippen LogP contribution in [0.1, 0.15) is 30.3 Å². The molecule has 2 heterocycles. The minimum absolute atomic E-state index is 0.134. The lowest BCUT2D eigenvalue weighted by atomic mass is 10.0. The van der Waals surface area contributed by atoms with Gasteiger partial charge in [-0.2, -0.15) is 0 Å². The monoisotopic (exact) mass is 291 g/mol. The topological polar surface area (TPSA) is 61.4 Å². The maximum Gasteiger partial charge on any atom is 0.270 e. The summed E-state index contributed by atoms with van der Waals surface area (Å²) in [7, 11) is 3.96. The molecule has 1 aliphatic rings. The minimum atomic E-state index is -0.134. The Hall–Kier alpha value is -1.69. The van der Waals surface area contributed by atoms with Gasteiger partial charge in [0.1, 0.15) is 5.69 Å². The molecule has 6 nitrogen and oxygen atoms in total. The Labute approximate surface area is 126 Å². The van der Waals surface area contributed by atoms with E-state index in [1.807, 2.05) is 19.0 Å². The highest BCUT2D eigenvalue weighted by atomic mass is 16.1. The summed E-state index contributed by atoms with van der Waals surface area (Å²) >= 11 is 0. The van der Waals surface area contributed by atoms with E-state index < -0.39 is 0 Å². The van der Waals surface area contributed by atoms with E-state index in [4.69, 9.17) is 0 Å². The van der Waals surface area contributed by atoms with Crippen molar-refractivity contribution in [2.45, 2.75) is 19.8 Å². The average Bonchev–Trinajstić information content (AvgIpc) is 2.47. The highest BCUT2D eigenvalue weighted by Gasteiger charge is 2.19. The number of amides is 1. The Morgan fingerprint density at radius 1 is 1.52 bits per heavy atom. The van der Waals surface area contributed by atoms with Gasteiger partial charge in [0.05, 0.1) is 0 Å². The lowest BCUT2D eigenvalue weighted by molar-refractivity contribution is 0.0946. The van der Waals surface area contributed by atoms with E-state index in [0.717, 1.165) is 26.1 Å². The predicted molar refractivity (Wildman–Crippen MR) is 83.5 cm³/mol. The maximum absolute atomic E-state index is 12.1. The molecule has 6 heteroatoms. The molecule has 0 aliphatic carbocycles. The van der Waals surface area contributed by atoms with E-state index in [9.17, 15) is 4.79 Å². The summed E-state index contributed by atoms with van der Waals surface area (Å²) in [5.41, 5.74) is 0.442. The summed E-state index contributed by atoms with van der Waals surface area (Å²) in [6, 6.07) is 1.67. The fourth-order valence-corrected chi connectivity index (χ4v) is 2.48. The normalized spacial score (nSPS) is 18.9. The fraction of sp³-hybridized carbons (Fsp3) is 0.667. The zero-order chi connectivity index (χ0) is 15.2. The molecule has 0 saturated carbocycles. The van der Waals surface area contributed by atoms with Crippen LogP contribution in [-0.2, 0) is 0 Å². The molecule has 0 bridgehead atoms. The minimum Gasteiger partial charge on any atom is -0.349 e. The van der Waals surface area contributed by atoms with Gasteiger partial charge in [-0.25, -0.2) is 9.97 Å². The van der Waals surface area contributed by atoms with Crippen molar-refractivity contribution in [3.05, 3.63) is 18.0 Å². The third-order valence-electron chi connectivity index (χ3n) is 3.66. The zero-order valence-electron chi connectivity index (χ0n) is 13.2. The molecule has 0 aromatic carbocycles. The highest BCUT2D eigenvalue weighted by molar-refractivity contribution is 5.92. The molecular formula is C15H25N5O. The van der Waals surface area contributed by atoms with Crippen molar-refractivity contribution in [2.75, 3.05) is 45.2 Å². The number of nitrogens with one attached hydrogen (secondary N) is 1. The first-order valence-corrected chi connectivity index (χ1v) is 7.57. The largest absolute Gasteiger partial charge is 0.349 e. The van der Waals surface area contributed by atoms with E-state index in [1.54, 1.807) is 12.3 Å². The molecule has 1 fully saturated rings. The second-order valence-electron chi connectivity index (χ2n) is 5.99. The van der Waals surface area contributed by atoms with Crippen LogP contribution in [0.3, 0.4) is 0 Å². The second kappa shape index (κ2) is 7.36. The summed E-state index contributed by atoms with van der Waals surface area (Å²) in [4.78, 5) is 25.0. The van der Waals surface area contributed by atoms with E-state index in [0.29, 0.717) is 24.1 Å². The smallest absolute Gasteiger partial charge is 0.270 e. The maximum atomic E-state index is 12.1. The zero-order valence-corrected chi connectivity index (χ0v) is 13.2. The predicted octanol–water partition coefficient (Wildman–Crippen LogP) is 1.00. The van der Waals surface area contributed by atoms with Gasteiger partial charge < -0.3 is 15.1 Å². The van der Waals surface area contributed by atoms with Crippen LogP contribution >= 0.6 is 0 Å². The molecule has 1 amide bonds. The van der Waals surface area contributed by atoms with Gasteiger partial charge in [0.15, 0.2) is 0 Å². The number of piperidine rings is 1. The van der Waals surface area contributed by atoms with Crippen molar-refractivity contribution in [2.24, 2.45) is 5.92 Å². The third-order valence-corrected chi connectivity index (χ3v) is 3.66. The van der Waals surface area contributed by atoms with Crippen LogP contribution < -0.4 is 10.2 Å². The number of carbonyl (C=O) groups is 1. The van der Waals surface area contributed by atoms with E-state index in [2.05, 4.69) is 27.1 Å². The van der Waals surface area contributed by atoms with Crippen LogP contribution in [0.4, 0.5) is 5.95 Å². The number of nitrogens with zero attached hydrogens (tertiary/aromatic N) is 4. The number of likely N-dealkylation sites (N-methyl/N-ethyl adjacent to an activating group) is 1. The summed E-state index contributed by atoms with van der Waals surface area (Å²) in [6.45, 7) is 5.60. The Morgan fingerprint density at radius 2 is 2.33 bits per heavy atom. The molecule has 0 spiro atoms. The Bertz CT molecular complexity index is 477. The first kappa shape index (κ1) is 15.7. The first-order valence-electron chi connectivity index (χ1n) is 7.57. The van der Waals surface area contributed by atoms with Crippen LogP contribution in [0, 0.1) is 5.92 Å². The molecule has 21 heavy (non-hydrogen) atoms. The average molecular weight is 291 g/mol. The molecule has 2 rings (SSSR count). The Kier molecular flexibility index (Phi) is 5.50. The lowest BCUT2D eigenvalue weighted by Gasteiger charge is -2.30. The summed E-state index contributed by atoms with van der Waals surface area (Å²) < 4.78 is 0. The number of rotatable bonds is 5. The van der Waals surface area contributed by atoms with Gasteiger partial charge in [-0.3, -0.25) is 4.79 Å². The molecule has 1 atom stereocenters. The molecule has 0 radical (unpaired) electrons. The standard InChI is InChI=1S/C15H25N5O/c1-12-5-4-9-20(11-12)15-17-7-6-13(18-15)14(21)16-8-10-19(2)3/h6-7,12H,4-5,8-11H2,1-3H3,(H,16,21). The molecule has 1 aromatic heterocycles. The van der Waals surface area contributed by atoms with Crippen molar-refractivity contribution in [3.8, 4) is 0 Å². The van der Waals surface area contributed by atoms with Gasteiger partial charge in [-0.15, -0.1) is 0 Å². The second-order valence-corrected chi connectivity index (χ2v) is 5.99. The molecule has 116 valence electrons. The van der Waals surface area contributed by atoms with Crippen molar-refractivity contribution >= 4 is 11.9 Å². The first-order chi connectivity index (χ1) is 10.1. The fourth-order valence-electron chi connectivity index (χ4n) is 2.48. The molecular weight excluding hydrogens is 266 g/mol. The molecule has 1 N–H and O–H groups in total. The highest BCUT2D eigenvalue weighted by Crippen LogP contribution is 2.19. The van der Waals surface area contributed by atoms with Gasteiger partial charge in [0.25, 0.3) is 5.91 Å². The summed E-state index contributed by atoms with van der Waals surface area (Å²) in [5.74, 6) is 1.19. The van der Waals surface area contributed by atoms with Gasteiger partial charge >= 0.3 is 0 Å². The van der Waals surface area contributed by atoms with Gasteiger partial charge in [-0.05, 0) is 38.9 Å². The van der Waals surface area contributed by atoms with Crippen LogP contribution in [0.2, 0.25) is 0 Å². The van der Waals surface area contributed by atoms with Crippen LogP contribution in [0.5, 0.6) is 0 Å². The molecule has 1 aromatic rings. The molecule has 1 saturated heterocycles. The Morgan fingerprint density at radius 3 is 3.05 bits per heavy atom. The Balaban J connectivity index is 1.98. The number of hydrogen-bond acceptors (Lipinski definition) is 5. The summed E-state index contributed by atoms with van der Waals surface area (Å²) in [5, 5.41) is 2.88. The van der Waals surface area contributed by atoms with Crippen molar-refractivity contribution in [1.29, 1.82) is 0 Å². The van der Waals surface area contributed by atoms with Crippen LogP contribution in [0.15, 0.2) is 12.3 Å². The number of aromatic nitrogens is 2. The van der Waals surface area contributed by atoms with Crippen LogP contribution in [0.25, 0.3) is 0 Å². The van der Waals surface area contributed by atoms with E-state index >= 15 is 0 Å². The van der Waals surface area contributed by atoms with Gasteiger partial charge in [0, 0.05) is 32.4 Å². The van der Waals surface area contributed by atoms with Crippen molar-refractivity contribution in [1.82, 2.24) is 20.2 Å². The number of hydrogen-bond donors (Lipinski definition) is 1. The van der Waals surface area contributed by atoms with E-state index in [1.165, 1.54) is 6.42 Å². The number of carbonyl (C=O) groups excluding carboxylic acids is 1. The quantitative estimate of drug-likeness (QED) is 0.877. The van der Waals surface area contributed by atoms with Crippen molar-refractivity contribution < 1.29 is 4.79 Å². The summed E-state index contributed by atoms with van der Waals surface area (Å²) in [6.07, 6.45) is 4.08. The molecule has 1 unspecified atom stereocenters.